The van der Waals surface area contributed by atoms with Gasteiger partial charge >= 0.3 is 0 Å². The summed E-state index contributed by atoms with van der Waals surface area (Å²) in [4.78, 5) is -0.893. The minimum absolute atomic E-state index is 0.0814. The third-order valence-corrected chi connectivity index (χ3v) is 6.44. The largest absolute Gasteiger partial charge is 0.453 e. The Kier molecular flexibility index (Phi) is 5.60. The van der Waals surface area contributed by atoms with Gasteiger partial charge in [-0.3, -0.25) is 9.40 Å². The van der Waals surface area contributed by atoms with E-state index in [0.29, 0.717) is 28.4 Å². The summed E-state index contributed by atoms with van der Waals surface area (Å²) in [6.07, 6.45) is 1.56. The number of hydrogen-bond donors (Lipinski definition) is 1. The highest BCUT2D eigenvalue weighted by molar-refractivity contribution is 7.93. The minimum atomic E-state index is -4.42. The van der Waals surface area contributed by atoms with E-state index in [9.17, 15) is 17.2 Å². The lowest BCUT2D eigenvalue weighted by molar-refractivity contribution is 0.433. The molecule has 0 unspecified atom stereocenters. The number of anilines is 1. The summed E-state index contributed by atoms with van der Waals surface area (Å²) < 4.78 is 63.3. The monoisotopic (exact) mass is 483 g/mol. The second kappa shape index (κ2) is 8.21. The Morgan fingerprint density at radius 1 is 1.13 bits per heavy atom. The Bertz CT molecular complexity index is 1360. The summed E-state index contributed by atoms with van der Waals surface area (Å²) in [5.74, 6) is -2.61. The second-order valence-electron chi connectivity index (χ2n) is 6.15. The highest BCUT2D eigenvalue weighted by atomic mass is 35.5. The van der Waals surface area contributed by atoms with Crippen LogP contribution in [0.25, 0.3) is 11.3 Å². The Labute approximate surface area is 184 Å². The van der Waals surface area contributed by atoms with Gasteiger partial charge in [0.15, 0.2) is 11.6 Å². The number of nitrogens with zero attached hydrogens (tertiary/aromatic N) is 4. The predicted octanol–water partition coefficient (Wildman–Crippen LogP) is 4.46. The summed E-state index contributed by atoms with van der Waals surface area (Å²) in [5.41, 5.74) is 2.40. The molecule has 0 amide bonds. The highest BCUT2D eigenvalue weighted by Crippen LogP contribution is 2.37. The first-order chi connectivity index (χ1) is 14.7. The van der Waals surface area contributed by atoms with Crippen LogP contribution in [0.3, 0.4) is 0 Å². The molecule has 2 heterocycles. The Morgan fingerprint density at radius 3 is 2.61 bits per heavy atom. The van der Waals surface area contributed by atoms with Gasteiger partial charge in [-0.05, 0) is 24.3 Å². The van der Waals surface area contributed by atoms with E-state index in [1.807, 2.05) is 4.72 Å². The molecule has 0 aliphatic carbocycles. The molecule has 0 aliphatic rings. The molecule has 2 aromatic carbocycles. The lowest BCUT2D eigenvalue weighted by Crippen LogP contribution is -2.15. The highest BCUT2D eigenvalue weighted by Gasteiger charge is 2.24. The van der Waals surface area contributed by atoms with E-state index >= 15 is 0 Å². The molecule has 0 saturated heterocycles. The average molecular weight is 484 g/mol. The third-order valence-electron chi connectivity index (χ3n) is 4.12. The van der Waals surface area contributed by atoms with Gasteiger partial charge in [0.1, 0.15) is 22.0 Å². The molecule has 0 radical (unpaired) electrons. The molecule has 1 N–H and O–H groups in total. The molecular weight excluding hydrogens is 472 g/mol. The topological polar surface area (TPSA) is 99.0 Å². The van der Waals surface area contributed by atoms with Crippen molar-refractivity contribution in [2.75, 3.05) is 4.72 Å². The normalized spacial score (nSPS) is 11.5. The van der Waals surface area contributed by atoms with Crippen molar-refractivity contribution in [3.63, 3.8) is 0 Å². The predicted molar refractivity (Wildman–Crippen MR) is 111 cm³/mol. The lowest BCUT2D eigenvalue weighted by Gasteiger charge is -2.14. The van der Waals surface area contributed by atoms with Gasteiger partial charge in [-0.1, -0.05) is 22.9 Å². The van der Waals surface area contributed by atoms with Crippen molar-refractivity contribution >= 4 is 38.1 Å². The number of hydrogen-bond acceptors (Lipinski definition) is 7. The van der Waals surface area contributed by atoms with Gasteiger partial charge in [-0.15, -0.1) is 10.2 Å². The summed E-state index contributed by atoms with van der Waals surface area (Å²) >= 11 is 6.96. The molecule has 2 aromatic heterocycles. The summed E-state index contributed by atoms with van der Waals surface area (Å²) in [6, 6.07) is 7.50. The first-order valence-corrected chi connectivity index (χ1v) is 11.2. The standard InChI is InChI=1S/C18H12ClF2N5O3S2/c1-26-14(4-5-23-26)11-6-10(19)2-3-15(11)29-16-7-13(21)17(8-12(16)20)31(27,28)25-18-24-22-9-30-18/h2-9H,1H3,(H,24,25). The molecule has 0 saturated carbocycles. The van der Waals surface area contributed by atoms with E-state index in [1.165, 1.54) is 17.6 Å². The van der Waals surface area contributed by atoms with Gasteiger partial charge < -0.3 is 4.74 Å². The molecule has 13 heteroatoms. The van der Waals surface area contributed by atoms with Crippen molar-refractivity contribution in [2.45, 2.75) is 4.90 Å². The quantitative estimate of drug-likeness (QED) is 0.434. The molecule has 8 nitrogen and oxygen atoms in total. The first-order valence-electron chi connectivity index (χ1n) is 8.48. The van der Waals surface area contributed by atoms with Gasteiger partial charge in [0.25, 0.3) is 10.0 Å². The van der Waals surface area contributed by atoms with Crippen LogP contribution >= 0.6 is 22.9 Å². The molecule has 0 aliphatic heterocycles. The molecule has 0 atom stereocenters. The summed E-state index contributed by atoms with van der Waals surface area (Å²) in [5, 5.41) is 11.4. The van der Waals surface area contributed by atoms with E-state index in [1.54, 1.807) is 30.1 Å². The van der Waals surface area contributed by atoms with Crippen LogP contribution in [0, 0.1) is 11.6 Å². The fraction of sp³-hybridized carbons (Fsp3) is 0.0556. The van der Waals surface area contributed by atoms with Gasteiger partial charge in [0.2, 0.25) is 5.13 Å². The van der Waals surface area contributed by atoms with Crippen LogP contribution in [0.4, 0.5) is 13.9 Å². The van der Waals surface area contributed by atoms with Crippen molar-refractivity contribution in [1.82, 2.24) is 20.0 Å². The van der Waals surface area contributed by atoms with Crippen molar-refractivity contribution in [2.24, 2.45) is 7.05 Å². The summed E-state index contributed by atoms with van der Waals surface area (Å²) in [6.45, 7) is 0. The first kappa shape index (κ1) is 21.2. The van der Waals surface area contributed by atoms with Crippen LogP contribution in [0.1, 0.15) is 0 Å². The summed E-state index contributed by atoms with van der Waals surface area (Å²) in [7, 11) is -2.72. The van der Waals surface area contributed by atoms with E-state index in [0.717, 1.165) is 11.3 Å². The van der Waals surface area contributed by atoms with Gasteiger partial charge in [-0.2, -0.15) is 5.10 Å². The van der Waals surface area contributed by atoms with Crippen LogP contribution in [0.2, 0.25) is 5.02 Å². The van der Waals surface area contributed by atoms with Crippen LogP contribution in [-0.4, -0.2) is 28.4 Å². The van der Waals surface area contributed by atoms with Crippen LogP contribution < -0.4 is 9.46 Å². The van der Waals surface area contributed by atoms with Crippen molar-refractivity contribution in [1.29, 1.82) is 0 Å². The van der Waals surface area contributed by atoms with E-state index in [2.05, 4.69) is 15.3 Å². The third kappa shape index (κ3) is 4.36. The Morgan fingerprint density at radius 2 is 1.94 bits per heavy atom. The van der Waals surface area contributed by atoms with E-state index < -0.39 is 32.3 Å². The van der Waals surface area contributed by atoms with Crippen LogP contribution in [0.5, 0.6) is 11.5 Å². The zero-order valence-corrected chi connectivity index (χ0v) is 18.0. The van der Waals surface area contributed by atoms with Crippen LogP contribution in [0.15, 0.2) is 53.0 Å². The number of nitrogens with one attached hydrogen (secondary N) is 1. The minimum Gasteiger partial charge on any atom is -0.453 e. The van der Waals surface area contributed by atoms with Crippen molar-refractivity contribution in [3.05, 3.63) is 64.8 Å². The average Bonchev–Trinajstić information content (AvgIpc) is 3.36. The number of aromatic nitrogens is 4. The molecule has 0 bridgehead atoms. The molecule has 0 spiro atoms. The molecule has 4 aromatic rings. The van der Waals surface area contributed by atoms with Gasteiger partial charge in [0.05, 0.1) is 5.69 Å². The second-order valence-corrected chi connectivity index (χ2v) is 9.07. The van der Waals surface area contributed by atoms with Crippen molar-refractivity contribution in [3.8, 4) is 22.8 Å². The maximum Gasteiger partial charge on any atom is 0.266 e. The molecule has 160 valence electrons. The fourth-order valence-corrected chi connectivity index (χ4v) is 4.67. The number of ether oxygens (including phenoxy) is 1. The lowest BCUT2D eigenvalue weighted by atomic mass is 10.1. The zero-order valence-electron chi connectivity index (χ0n) is 15.6. The Hall–Kier alpha value is -3.09. The fourth-order valence-electron chi connectivity index (χ4n) is 2.73. The van der Waals surface area contributed by atoms with Gasteiger partial charge in [-0.25, -0.2) is 17.2 Å². The number of benzene rings is 2. The number of aryl methyl sites for hydroxylation is 1. The van der Waals surface area contributed by atoms with Gasteiger partial charge in [0, 0.05) is 36.0 Å². The van der Waals surface area contributed by atoms with E-state index in [4.69, 9.17) is 16.3 Å². The number of rotatable bonds is 6. The molecular formula is C18H12ClF2N5O3S2. The maximum absolute atomic E-state index is 14.7. The zero-order chi connectivity index (χ0) is 22.2. The SMILES string of the molecule is Cn1nccc1-c1cc(Cl)ccc1Oc1cc(F)c(S(=O)(=O)Nc2nncs2)cc1F. The molecule has 4 rings (SSSR count). The molecule has 31 heavy (non-hydrogen) atoms. The van der Waals surface area contributed by atoms with Crippen LogP contribution in [-0.2, 0) is 17.1 Å². The molecule has 0 fully saturated rings. The maximum atomic E-state index is 14.7. The smallest absolute Gasteiger partial charge is 0.266 e. The van der Waals surface area contributed by atoms with E-state index in [-0.39, 0.29) is 10.9 Å². The number of sulfonamides is 1. The number of halogens is 3. The van der Waals surface area contributed by atoms with Crippen molar-refractivity contribution < 1.29 is 21.9 Å². The Balaban J connectivity index is 1.70.